The average molecular weight is 318 g/mol. The van der Waals surface area contributed by atoms with Crippen molar-refractivity contribution in [3.63, 3.8) is 0 Å². The molecular formula is C12H34NO4P2+. The highest BCUT2D eigenvalue weighted by Crippen LogP contribution is 2.33. The predicted molar refractivity (Wildman–Crippen MR) is 87.6 cm³/mol. The molecule has 0 saturated carbocycles. The summed E-state index contributed by atoms with van der Waals surface area (Å²) >= 11 is 0. The highest BCUT2D eigenvalue weighted by molar-refractivity contribution is 7.62. The molecule has 0 aliphatic carbocycles. The van der Waals surface area contributed by atoms with E-state index in [-0.39, 0.29) is 6.35 Å². The number of rotatable bonds is 4. The van der Waals surface area contributed by atoms with Crippen LogP contribution in [0.2, 0.25) is 0 Å². The monoisotopic (exact) mass is 318 g/mol. The van der Waals surface area contributed by atoms with Crippen molar-refractivity contribution in [1.29, 1.82) is 0 Å². The number of nitrogens with zero attached hydrogens (tertiary/aromatic N) is 1. The largest absolute Gasteiger partial charge is 0.400 e. The summed E-state index contributed by atoms with van der Waals surface area (Å²) in [5, 5.41) is 15.1. The van der Waals surface area contributed by atoms with Gasteiger partial charge < -0.3 is 19.7 Å². The van der Waals surface area contributed by atoms with E-state index in [1.54, 1.807) is 26.7 Å². The minimum absolute atomic E-state index is 0.174. The Kier molecular flexibility index (Phi) is 29.7. The fraction of sp³-hybridized carbons (Fsp3) is 1.00. The third kappa shape index (κ3) is 56.4. The second-order valence-corrected chi connectivity index (χ2v) is 9.20. The molecule has 0 unspecified atom stereocenters. The Morgan fingerprint density at radius 2 is 1.16 bits per heavy atom. The summed E-state index contributed by atoms with van der Waals surface area (Å²) in [5.41, 5.74) is 0. The van der Waals surface area contributed by atoms with Gasteiger partial charge in [-0.3, -0.25) is 0 Å². The molecule has 0 radical (unpaired) electrons. The molecule has 19 heavy (non-hydrogen) atoms. The van der Waals surface area contributed by atoms with Gasteiger partial charge in [-0.25, -0.2) is 0 Å². The van der Waals surface area contributed by atoms with Gasteiger partial charge in [-0.05, 0) is 33.0 Å². The quantitative estimate of drug-likeness (QED) is 0.779. The molecule has 0 aliphatic rings. The van der Waals surface area contributed by atoms with E-state index in [2.05, 4.69) is 25.7 Å². The molecule has 0 bridgehead atoms. The van der Waals surface area contributed by atoms with Crippen molar-refractivity contribution in [3.05, 3.63) is 0 Å². The Morgan fingerprint density at radius 1 is 1.00 bits per heavy atom. The number of hydrogen-bond acceptors (Lipinski definition) is 5. The lowest BCUT2D eigenvalue weighted by Gasteiger charge is -2.13. The van der Waals surface area contributed by atoms with Gasteiger partial charge in [-0.15, -0.1) is 0 Å². The minimum Gasteiger partial charge on any atom is -0.400 e. The fourth-order valence-electron chi connectivity index (χ4n) is 0.671. The van der Waals surface area contributed by atoms with E-state index in [1.165, 1.54) is 19.6 Å². The summed E-state index contributed by atoms with van der Waals surface area (Å²) in [4.78, 5) is 2.38. The Balaban J connectivity index is -0.0000000858. The third-order valence-corrected chi connectivity index (χ3v) is 2.36. The van der Waals surface area contributed by atoms with Crippen LogP contribution in [0.1, 0.15) is 20.8 Å². The van der Waals surface area contributed by atoms with Crippen LogP contribution in [0.5, 0.6) is 0 Å². The molecule has 0 saturated heterocycles. The van der Waals surface area contributed by atoms with Crippen LogP contribution in [-0.4, -0.2) is 74.9 Å². The van der Waals surface area contributed by atoms with E-state index in [0.717, 1.165) is 7.11 Å². The van der Waals surface area contributed by atoms with E-state index in [9.17, 15) is 9.13 Å². The van der Waals surface area contributed by atoms with Gasteiger partial charge in [0.2, 0.25) is 0 Å². The Bertz CT molecular complexity index is 206. The molecule has 0 amide bonds. The second-order valence-electron chi connectivity index (χ2n) is 4.15. The summed E-state index contributed by atoms with van der Waals surface area (Å²) < 4.78 is 19.9. The highest BCUT2D eigenvalue weighted by Gasteiger charge is 2.00. The number of hydrogen-bond donors (Lipinski definition) is 2. The van der Waals surface area contributed by atoms with Crippen molar-refractivity contribution in [3.8, 4) is 0 Å². The van der Waals surface area contributed by atoms with Crippen molar-refractivity contribution in [2.75, 3.05) is 59.8 Å². The molecular weight excluding hydrogens is 284 g/mol. The van der Waals surface area contributed by atoms with Gasteiger partial charge >= 0.3 is 7.80 Å². The summed E-state index contributed by atoms with van der Waals surface area (Å²) in [7, 11) is -1.96. The summed E-state index contributed by atoms with van der Waals surface area (Å²) in [6, 6.07) is 0. The number of aliphatic hydroxyl groups excluding tert-OH is 2. The standard InChI is InChI=1S/C6H15N.C3H9O2P.C2H6OP.CH4O/c1-4-7(5-2)6-3;1-6(2,5)3-4;1-4(2)3;1-2/h4-6H2,1-3H3;4H,3H2,1-2H3;1-2H3;2H,1H3/q;;+1;. The molecule has 0 spiro atoms. The van der Waals surface area contributed by atoms with E-state index in [1.807, 2.05) is 0 Å². The maximum atomic E-state index is 10.3. The first kappa shape index (κ1) is 27.5. The minimum atomic E-state index is -2.09. The van der Waals surface area contributed by atoms with Gasteiger partial charge in [0, 0.05) is 7.11 Å². The van der Waals surface area contributed by atoms with Crippen LogP contribution in [0.25, 0.3) is 0 Å². The lowest BCUT2D eigenvalue weighted by Crippen LogP contribution is -2.21. The van der Waals surface area contributed by atoms with Crippen molar-refractivity contribution >= 4 is 14.9 Å². The van der Waals surface area contributed by atoms with Crippen LogP contribution >= 0.6 is 14.9 Å². The molecule has 7 heteroatoms. The normalized spacial score (nSPS) is 9.21. The van der Waals surface area contributed by atoms with Gasteiger partial charge in [-0.1, -0.05) is 25.3 Å². The maximum absolute atomic E-state index is 10.3. The topological polar surface area (TPSA) is 77.8 Å². The first-order chi connectivity index (χ1) is 8.64. The Hall–Kier alpha value is 0.210. The first-order valence-electron chi connectivity index (χ1n) is 6.30. The summed E-state index contributed by atoms with van der Waals surface area (Å²) in [5.74, 6) is 0. The lowest BCUT2D eigenvalue weighted by molar-refractivity contribution is 0.321. The smallest absolute Gasteiger partial charge is 0.332 e. The predicted octanol–water partition coefficient (Wildman–Crippen LogP) is 2.59. The molecule has 0 aromatic heterocycles. The van der Waals surface area contributed by atoms with Gasteiger partial charge in [0.05, 0.1) is 6.35 Å². The lowest BCUT2D eigenvalue weighted by atomic mass is 10.5. The Labute approximate surface area is 120 Å². The third-order valence-electron chi connectivity index (χ3n) is 1.68. The first-order valence-corrected chi connectivity index (χ1v) is 11.2. The van der Waals surface area contributed by atoms with E-state index >= 15 is 0 Å². The zero-order valence-corrected chi connectivity index (χ0v) is 15.7. The van der Waals surface area contributed by atoms with Gasteiger partial charge in [0.1, 0.15) is 20.5 Å². The fourth-order valence-corrected chi connectivity index (χ4v) is 0.671. The number of aliphatic hydroxyl groups is 2. The van der Waals surface area contributed by atoms with Crippen LogP contribution in [0.4, 0.5) is 0 Å². The summed E-state index contributed by atoms with van der Waals surface area (Å²) in [6.45, 7) is 16.6. The highest BCUT2D eigenvalue weighted by atomic mass is 31.2. The van der Waals surface area contributed by atoms with Crippen LogP contribution in [0.15, 0.2) is 0 Å². The van der Waals surface area contributed by atoms with Gasteiger partial charge in [0.15, 0.2) is 0 Å². The van der Waals surface area contributed by atoms with E-state index < -0.39 is 14.9 Å². The second kappa shape index (κ2) is 20.5. The molecule has 5 nitrogen and oxygen atoms in total. The molecule has 0 rings (SSSR count). The SMILES string of the molecule is CCN(CC)CC.CO.CP(C)(=O)CO.C[P+](C)=O. The molecule has 0 heterocycles. The van der Waals surface area contributed by atoms with Crippen molar-refractivity contribution in [1.82, 2.24) is 4.90 Å². The van der Waals surface area contributed by atoms with Crippen LogP contribution in [-0.2, 0) is 9.13 Å². The van der Waals surface area contributed by atoms with Crippen LogP contribution in [0.3, 0.4) is 0 Å². The molecule has 0 aromatic carbocycles. The Morgan fingerprint density at radius 3 is 1.16 bits per heavy atom. The molecule has 0 aromatic rings. The zero-order chi connectivity index (χ0) is 16.5. The van der Waals surface area contributed by atoms with Crippen molar-refractivity contribution < 1.29 is 19.3 Å². The van der Waals surface area contributed by atoms with Gasteiger partial charge in [0.25, 0.3) is 0 Å². The van der Waals surface area contributed by atoms with Crippen molar-refractivity contribution in [2.24, 2.45) is 0 Å². The van der Waals surface area contributed by atoms with E-state index in [0.29, 0.717) is 0 Å². The molecule has 2 N–H and O–H groups in total. The molecule has 0 aliphatic heterocycles. The average Bonchev–Trinajstić information content (AvgIpc) is 2.33. The van der Waals surface area contributed by atoms with Gasteiger partial charge in [-0.2, -0.15) is 0 Å². The maximum Gasteiger partial charge on any atom is 0.332 e. The van der Waals surface area contributed by atoms with E-state index in [4.69, 9.17) is 10.2 Å². The van der Waals surface area contributed by atoms with Crippen LogP contribution in [0, 0.1) is 0 Å². The van der Waals surface area contributed by atoms with Crippen LogP contribution < -0.4 is 0 Å². The molecule has 0 fully saturated rings. The molecule has 120 valence electrons. The summed E-state index contributed by atoms with van der Waals surface area (Å²) in [6.07, 6.45) is -0.174. The molecule has 0 atom stereocenters. The van der Waals surface area contributed by atoms with Crippen molar-refractivity contribution in [2.45, 2.75) is 20.8 Å². The zero-order valence-electron chi connectivity index (χ0n) is 13.9.